The van der Waals surface area contributed by atoms with Gasteiger partial charge in [0.2, 0.25) is 0 Å². The van der Waals surface area contributed by atoms with Gasteiger partial charge in [0.1, 0.15) is 0 Å². The van der Waals surface area contributed by atoms with Gasteiger partial charge in [-0.1, -0.05) is 0 Å². The molecule has 0 aliphatic carbocycles. The van der Waals surface area contributed by atoms with Crippen LogP contribution in [0.15, 0.2) is 29.2 Å². The van der Waals surface area contributed by atoms with Crippen LogP contribution in [-0.4, -0.2) is 12.6 Å². The minimum atomic E-state index is -1.57. The molecule has 1 amide bonds. The van der Waals surface area contributed by atoms with Gasteiger partial charge in [-0.25, -0.2) is 17.9 Å². The maximum absolute atomic E-state index is 13.2. The van der Waals surface area contributed by atoms with Crippen LogP contribution in [-0.2, 0) is 0 Å². The normalized spacial score (nSPS) is 13.2. The number of rotatable bonds is 2. The van der Waals surface area contributed by atoms with Gasteiger partial charge in [0.15, 0.2) is 17.5 Å². The van der Waals surface area contributed by atoms with Crippen molar-refractivity contribution in [3.05, 3.63) is 52.8 Å². The van der Waals surface area contributed by atoms with Crippen molar-refractivity contribution in [2.45, 2.75) is 11.8 Å². The van der Waals surface area contributed by atoms with Crippen LogP contribution < -0.4 is 15.4 Å². The van der Waals surface area contributed by atoms with E-state index in [1.165, 1.54) is 11.9 Å². The molecule has 0 aromatic heterocycles. The van der Waals surface area contributed by atoms with E-state index >= 15 is 0 Å². The Labute approximate surface area is 134 Å². The van der Waals surface area contributed by atoms with E-state index in [1.54, 1.807) is 13.0 Å². The average molecular weight is 339 g/mol. The molecule has 0 unspecified atom stereocenters. The van der Waals surface area contributed by atoms with E-state index in [0.717, 1.165) is 22.7 Å². The molecule has 3 N–H and O–H groups in total. The summed E-state index contributed by atoms with van der Waals surface area (Å²) in [5.74, 6) is -4.80. The number of halogens is 3. The minimum absolute atomic E-state index is 0.146. The second kappa shape index (κ2) is 6.13. The number of carbonyl (C=O) groups excluding carboxylic acids is 1. The van der Waals surface area contributed by atoms with Crippen molar-refractivity contribution in [3.63, 3.8) is 0 Å². The van der Waals surface area contributed by atoms with Gasteiger partial charge in [-0.3, -0.25) is 4.79 Å². The van der Waals surface area contributed by atoms with E-state index in [2.05, 4.69) is 15.4 Å². The predicted molar refractivity (Wildman–Crippen MR) is 82.9 cm³/mol. The highest BCUT2D eigenvalue weighted by molar-refractivity contribution is 7.97. The molecular formula is C15H12F3N3OS. The van der Waals surface area contributed by atoms with Crippen LogP contribution in [0.1, 0.15) is 15.9 Å². The number of benzene rings is 2. The lowest BCUT2D eigenvalue weighted by Crippen LogP contribution is -2.21. The summed E-state index contributed by atoms with van der Waals surface area (Å²) in [4.78, 5) is 13.2. The van der Waals surface area contributed by atoms with Crippen LogP contribution in [0.5, 0.6) is 0 Å². The van der Waals surface area contributed by atoms with Crippen LogP contribution in [0.3, 0.4) is 0 Å². The lowest BCUT2D eigenvalue weighted by atomic mass is 10.1. The van der Waals surface area contributed by atoms with Crippen molar-refractivity contribution < 1.29 is 18.0 Å². The molecule has 0 spiro atoms. The largest absolute Gasteiger partial charge is 0.371 e. The summed E-state index contributed by atoms with van der Waals surface area (Å²) in [5, 5.41) is 5.51. The highest BCUT2D eigenvalue weighted by Crippen LogP contribution is 2.31. The van der Waals surface area contributed by atoms with E-state index in [1.807, 2.05) is 6.07 Å². The number of fused-ring (bicyclic) bond motifs is 1. The fourth-order valence-electron chi connectivity index (χ4n) is 2.23. The van der Waals surface area contributed by atoms with E-state index in [9.17, 15) is 18.0 Å². The Kier molecular flexibility index (Phi) is 4.18. The van der Waals surface area contributed by atoms with Gasteiger partial charge in [-0.05, 0) is 36.6 Å². The third kappa shape index (κ3) is 3.13. The molecule has 120 valence electrons. The van der Waals surface area contributed by atoms with E-state index in [0.29, 0.717) is 17.8 Å². The number of aryl methyl sites for hydroxylation is 1. The quantitative estimate of drug-likeness (QED) is 0.578. The molecule has 0 atom stereocenters. The first-order valence-electron chi connectivity index (χ1n) is 6.70. The highest BCUT2D eigenvalue weighted by atomic mass is 32.2. The molecule has 0 saturated carbocycles. The number of carbonyl (C=O) groups is 1. The standard InChI is InChI=1S/C15H12F3N3OS/c1-7-2-12-13(23-20-6-19-12)5-9(7)15(22)21-8-3-10(16)14(18)11(17)4-8/h2-5,19-20H,6H2,1H3,(H,21,22). The Morgan fingerprint density at radius 1 is 1.17 bits per heavy atom. The molecule has 1 heterocycles. The Bertz CT molecular complexity index is 775. The van der Waals surface area contributed by atoms with E-state index in [4.69, 9.17) is 0 Å². The number of anilines is 2. The summed E-state index contributed by atoms with van der Waals surface area (Å²) >= 11 is 1.38. The Balaban J connectivity index is 1.89. The van der Waals surface area contributed by atoms with Gasteiger partial charge in [0.05, 0.1) is 12.4 Å². The first kappa shape index (κ1) is 15.7. The minimum Gasteiger partial charge on any atom is -0.371 e. The first-order valence-corrected chi connectivity index (χ1v) is 7.51. The van der Waals surface area contributed by atoms with Crippen LogP contribution in [0.25, 0.3) is 0 Å². The van der Waals surface area contributed by atoms with Crippen molar-refractivity contribution in [1.82, 2.24) is 4.72 Å². The van der Waals surface area contributed by atoms with Crippen LogP contribution in [0.4, 0.5) is 24.5 Å². The summed E-state index contributed by atoms with van der Waals surface area (Å²) in [6.07, 6.45) is 0. The van der Waals surface area contributed by atoms with Gasteiger partial charge in [-0.2, -0.15) is 0 Å². The molecule has 0 saturated heterocycles. The molecule has 23 heavy (non-hydrogen) atoms. The van der Waals surface area contributed by atoms with Gasteiger partial charge < -0.3 is 10.6 Å². The third-order valence-electron chi connectivity index (χ3n) is 3.35. The second-order valence-electron chi connectivity index (χ2n) is 4.97. The molecule has 8 heteroatoms. The zero-order valence-corrected chi connectivity index (χ0v) is 12.8. The molecule has 2 aromatic carbocycles. The third-order valence-corrected chi connectivity index (χ3v) is 4.19. The highest BCUT2D eigenvalue weighted by Gasteiger charge is 2.17. The van der Waals surface area contributed by atoms with Crippen LogP contribution in [0.2, 0.25) is 0 Å². The fourth-order valence-corrected chi connectivity index (χ4v) is 2.94. The molecule has 1 aliphatic rings. The zero-order valence-electron chi connectivity index (χ0n) is 12.0. The lowest BCUT2D eigenvalue weighted by Gasteiger charge is -2.20. The Morgan fingerprint density at radius 3 is 2.57 bits per heavy atom. The van der Waals surface area contributed by atoms with Crippen molar-refractivity contribution in [1.29, 1.82) is 0 Å². The van der Waals surface area contributed by atoms with Gasteiger partial charge in [0.25, 0.3) is 5.91 Å². The Hall–Kier alpha value is -2.19. The van der Waals surface area contributed by atoms with Crippen LogP contribution >= 0.6 is 11.9 Å². The molecule has 1 aliphatic heterocycles. The van der Waals surface area contributed by atoms with Crippen molar-refractivity contribution >= 4 is 29.2 Å². The topological polar surface area (TPSA) is 53.2 Å². The fraction of sp³-hybridized carbons (Fsp3) is 0.133. The molecule has 0 fully saturated rings. The van der Waals surface area contributed by atoms with Crippen molar-refractivity contribution in [2.75, 3.05) is 17.3 Å². The van der Waals surface area contributed by atoms with Gasteiger partial charge >= 0.3 is 0 Å². The average Bonchev–Trinajstić information content (AvgIpc) is 2.51. The molecule has 0 radical (unpaired) electrons. The monoisotopic (exact) mass is 339 g/mol. The number of amides is 1. The molecule has 4 nitrogen and oxygen atoms in total. The Morgan fingerprint density at radius 2 is 1.87 bits per heavy atom. The summed E-state index contributed by atoms with van der Waals surface area (Å²) in [6, 6.07) is 4.98. The maximum Gasteiger partial charge on any atom is 0.255 e. The molecule has 2 aromatic rings. The summed E-state index contributed by atoms with van der Waals surface area (Å²) in [7, 11) is 0. The van der Waals surface area contributed by atoms with Crippen LogP contribution in [0, 0.1) is 24.4 Å². The van der Waals surface area contributed by atoms with Crippen molar-refractivity contribution in [3.8, 4) is 0 Å². The summed E-state index contributed by atoms with van der Waals surface area (Å²) in [5.41, 5.74) is 1.83. The zero-order chi connectivity index (χ0) is 16.6. The smallest absolute Gasteiger partial charge is 0.255 e. The lowest BCUT2D eigenvalue weighted by molar-refractivity contribution is 0.102. The molecule has 3 rings (SSSR count). The van der Waals surface area contributed by atoms with Gasteiger partial charge in [0, 0.05) is 28.3 Å². The maximum atomic E-state index is 13.2. The predicted octanol–water partition coefficient (Wildman–Crippen LogP) is 3.64. The van der Waals surface area contributed by atoms with E-state index < -0.39 is 23.4 Å². The van der Waals surface area contributed by atoms with Gasteiger partial charge in [-0.15, -0.1) is 0 Å². The first-order chi connectivity index (χ1) is 11.0. The molecular weight excluding hydrogens is 327 g/mol. The summed E-state index contributed by atoms with van der Waals surface area (Å²) in [6.45, 7) is 2.37. The number of hydrogen-bond acceptors (Lipinski definition) is 4. The summed E-state index contributed by atoms with van der Waals surface area (Å²) < 4.78 is 42.4. The number of hydrogen-bond donors (Lipinski definition) is 3. The number of nitrogens with one attached hydrogen (secondary N) is 3. The second-order valence-corrected chi connectivity index (χ2v) is 5.90. The van der Waals surface area contributed by atoms with Crippen molar-refractivity contribution in [2.24, 2.45) is 0 Å². The molecule has 0 bridgehead atoms. The SMILES string of the molecule is Cc1cc2c(cc1C(=O)Nc1cc(F)c(F)c(F)c1)SNCN2. The van der Waals surface area contributed by atoms with E-state index in [-0.39, 0.29) is 5.69 Å².